The second kappa shape index (κ2) is 3.58. The zero-order valence-electron chi connectivity index (χ0n) is 3.16. The highest BCUT2D eigenvalue weighted by Crippen LogP contribution is 1.66. The maximum atomic E-state index is 10.9. The Hall–Kier alpha value is -0.420. The molecule has 28 valence electrons. The minimum absolute atomic E-state index is 0.392. The maximum Gasteiger partial charge on any atom is 0.217 e. The van der Waals surface area contributed by atoms with Gasteiger partial charge in [0, 0.05) is 0 Å². The van der Waals surface area contributed by atoms with Crippen molar-refractivity contribution in [2.75, 3.05) is 6.67 Å². The first-order valence-corrected chi connectivity index (χ1v) is 1.46. The van der Waals surface area contributed by atoms with Crippen LogP contribution in [0.1, 0.15) is 6.92 Å². The normalized spacial score (nSPS) is 8.40. The van der Waals surface area contributed by atoms with Crippen LogP contribution in [0.15, 0.2) is 6.08 Å². The van der Waals surface area contributed by atoms with Gasteiger partial charge in [-0.15, -0.1) is 0 Å². The first kappa shape index (κ1) is 4.58. The molecule has 0 unspecified atom stereocenters. The average molecular weight is 73.1 g/mol. The number of alkyl halides is 1. The summed E-state index contributed by atoms with van der Waals surface area (Å²) in [4.78, 5) is 0. The van der Waals surface area contributed by atoms with Crippen LogP contribution in [0.5, 0.6) is 0 Å². The Bertz CT molecular complexity index is 30.6. The number of halogens is 1. The van der Waals surface area contributed by atoms with Gasteiger partial charge in [0.05, 0.1) is 0 Å². The Morgan fingerprint density at radius 1 is 2.00 bits per heavy atom. The average Bonchev–Trinajstić information content (AvgIpc) is 1.41. The van der Waals surface area contributed by atoms with E-state index in [1.807, 2.05) is 0 Å². The molecule has 0 saturated carbocycles. The van der Waals surface area contributed by atoms with Crippen LogP contribution in [0.4, 0.5) is 4.39 Å². The number of hydrogen-bond acceptors (Lipinski definition) is 0. The molecule has 0 radical (unpaired) electrons. The summed E-state index contributed by atoms with van der Waals surface area (Å²) in [6.45, 7) is 1.27. The van der Waals surface area contributed by atoms with Crippen molar-refractivity contribution in [3.63, 3.8) is 0 Å². The van der Waals surface area contributed by atoms with Gasteiger partial charge in [-0.1, -0.05) is 0 Å². The summed E-state index contributed by atoms with van der Waals surface area (Å²) in [5, 5.41) is 0. The molecular weight excluding hydrogens is 67.0 g/mol. The van der Waals surface area contributed by atoms with Gasteiger partial charge in [0.15, 0.2) is 19.7 Å². The van der Waals surface area contributed by atoms with E-state index in [1.165, 1.54) is 6.08 Å². The molecule has 0 N–H and O–H groups in total. The van der Waals surface area contributed by atoms with Crippen LogP contribution in [-0.4, -0.2) is 6.67 Å². The van der Waals surface area contributed by atoms with Crippen LogP contribution in [0.3, 0.4) is 0 Å². The molecule has 0 heterocycles. The number of allylic oxidation sites excluding steroid dienone is 2. The van der Waals surface area contributed by atoms with Crippen molar-refractivity contribution in [1.29, 1.82) is 0 Å². The van der Waals surface area contributed by atoms with Crippen LogP contribution < -0.4 is 0 Å². The molecule has 0 spiro atoms. The smallest absolute Gasteiger partial charge is 0.217 e. The van der Waals surface area contributed by atoms with E-state index in [-0.39, 0.29) is 0 Å². The summed E-state index contributed by atoms with van der Waals surface area (Å²) in [7, 11) is 0. The quantitative estimate of drug-likeness (QED) is 0.411. The highest BCUT2D eigenvalue weighted by molar-refractivity contribution is 4.66. The lowest BCUT2D eigenvalue weighted by Crippen LogP contribution is -1.54. The van der Waals surface area contributed by atoms with Crippen molar-refractivity contribution in [2.45, 2.75) is 6.92 Å². The lowest BCUT2D eigenvalue weighted by Gasteiger charge is -1.48. The predicted molar refractivity (Wildman–Crippen MR) is 19.5 cm³/mol. The van der Waals surface area contributed by atoms with Gasteiger partial charge in [-0.05, 0) is 0 Å². The monoisotopic (exact) mass is 73.0 g/mol. The van der Waals surface area contributed by atoms with Crippen molar-refractivity contribution < 1.29 is 4.39 Å². The molecule has 0 aromatic carbocycles. The lowest BCUT2D eigenvalue weighted by molar-refractivity contribution is 0.560. The maximum absolute atomic E-state index is 10.9. The molecule has 0 aromatic rings. The van der Waals surface area contributed by atoms with E-state index in [0.29, 0.717) is 0 Å². The fraction of sp³-hybridized carbons (Fsp3) is 0.500. The molecule has 0 amide bonds. The minimum Gasteiger partial charge on any atom is -0.242 e. The van der Waals surface area contributed by atoms with Crippen LogP contribution in [-0.2, 0) is 0 Å². The summed E-state index contributed by atoms with van der Waals surface area (Å²) in [5.74, 6) is 0. The molecule has 0 bridgehead atoms. The van der Waals surface area contributed by atoms with Gasteiger partial charge in [-0.3, -0.25) is 0 Å². The highest BCUT2D eigenvalue weighted by atomic mass is 19.1. The third-order valence-corrected chi connectivity index (χ3v) is 0.281. The molecular formula is C4H6F+. The fourth-order valence-electron chi connectivity index (χ4n) is 0.0772. The second-order valence-corrected chi connectivity index (χ2v) is 0.647. The van der Waals surface area contributed by atoms with Crippen molar-refractivity contribution in [3.05, 3.63) is 12.2 Å². The first-order valence-electron chi connectivity index (χ1n) is 1.46. The highest BCUT2D eigenvalue weighted by Gasteiger charge is 1.72. The summed E-state index contributed by atoms with van der Waals surface area (Å²) in [6, 6.07) is 0. The Labute approximate surface area is 31.3 Å². The van der Waals surface area contributed by atoms with Gasteiger partial charge >= 0.3 is 0 Å². The van der Waals surface area contributed by atoms with E-state index in [9.17, 15) is 4.39 Å². The lowest BCUT2D eigenvalue weighted by atomic mass is 10.6. The molecule has 0 aliphatic rings. The Balaban J connectivity index is 2.62. The molecule has 0 aliphatic heterocycles. The Morgan fingerprint density at radius 2 is 2.60 bits per heavy atom. The molecule has 0 nitrogen and oxygen atoms in total. The van der Waals surface area contributed by atoms with Gasteiger partial charge in [-0.2, -0.15) is 0 Å². The second-order valence-electron chi connectivity index (χ2n) is 0.647. The molecule has 0 aromatic heterocycles. The van der Waals surface area contributed by atoms with Gasteiger partial charge in [0.1, 0.15) is 0 Å². The van der Waals surface area contributed by atoms with Crippen LogP contribution >= 0.6 is 0 Å². The third-order valence-electron chi connectivity index (χ3n) is 0.281. The molecule has 0 atom stereocenters. The molecule has 0 fully saturated rings. The van der Waals surface area contributed by atoms with E-state index in [1.54, 1.807) is 6.92 Å². The summed E-state index contributed by atoms with van der Waals surface area (Å²) in [6.07, 6.45) is 3.85. The van der Waals surface area contributed by atoms with Gasteiger partial charge in [-0.25, -0.2) is 4.39 Å². The van der Waals surface area contributed by atoms with Crippen molar-refractivity contribution in [1.82, 2.24) is 0 Å². The summed E-state index contributed by atoms with van der Waals surface area (Å²) < 4.78 is 10.9. The standard InChI is InChI=1S/C4H6F/c1-2-3-4-5/h3H,4H2,1H3/q+1. The summed E-state index contributed by atoms with van der Waals surface area (Å²) >= 11 is 0. The molecule has 0 saturated heterocycles. The molecule has 0 rings (SSSR count). The molecule has 1 heteroatoms. The van der Waals surface area contributed by atoms with Crippen LogP contribution in [0.2, 0.25) is 0 Å². The third kappa shape index (κ3) is 3.58. The van der Waals surface area contributed by atoms with Gasteiger partial charge in [0.2, 0.25) is 6.08 Å². The van der Waals surface area contributed by atoms with Crippen molar-refractivity contribution in [3.8, 4) is 0 Å². The minimum atomic E-state index is -0.392. The summed E-state index contributed by atoms with van der Waals surface area (Å²) in [5.41, 5.74) is 0. The fourth-order valence-corrected chi connectivity index (χ4v) is 0.0772. The van der Waals surface area contributed by atoms with E-state index >= 15 is 0 Å². The number of rotatable bonds is 1. The number of hydrogen-bond donors (Lipinski definition) is 0. The van der Waals surface area contributed by atoms with Gasteiger partial charge < -0.3 is 0 Å². The largest absolute Gasteiger partial charge is 0.242 e. The van der Waals surface area contributed by atoms with E-state index in [4.69, 9.17) is 0 Å². The van der Waals surface area contributed by atoms with Crippen LogP contribution in [0.25, 0.3) is 0 Å². The predicted octanol–water partition coefficient (Wildman–Crippen LogP) is 1.34. The SMILES string of the molecule is C[C+]=CCF. The van der Waals surface area contributed by atoms with Crippen molar-refractivity contribution in [2.24, 2.45) is 0 Å². The van der Waals surface area contributed by atoms with E-state index in [2.05, 4.69) is 6.08 Å². The van der Waals surface area contributed by atoms with Crippen molar-refractivity contribution >= 4 is 0 Å². The first-order chi connectivity index (χ1) is 2.41. The van der Waals surface area contributed by atoms with Crippen LogP contribution in [0, 0.1) is 6.08 Å². The molecule has 0 aliphatic carbocycles. The zero-order chi connectivity index (χ0) is 4.12. The van der Waals surface area contributed by atoms with E-state index < -0.39 is 6.67 Å². The molecule has 5 heavy (non-hydrogen) atoms. The Kier molecular flexibility index (Phi) is 3.28. The topological polar surface area (TPSA) is 0 Å². The van der Waals surface area contributed by atoms with Gasteiger partial charge in [0.25, 0.3) is 0 Å². The van der Waals surface area contributed by atoms with E-state index in [0.717, 1.165) is 0 Å². The zero-order valence-corrected chi connectivity index (χ0v) is 3.16. The Morgan fingerprint density at radius 3 is 2.60 bits per heavy atom.